The van der Waals surface area contributed by atoms with Gasteiger partial charge in [-0.3, -0.25) is 9.69 Å². The average molecular weight is 435 g/mol. The summed E-state index contributed by atoms with van der Waals surface area (Å²) in [5.41, 5.74) is 5.00. The van der Waals surface area contributed by atoms with E-state index in [1.54, 1.807) is 25.1 Å². The van der Waals surface area contributed by atoms with Gasteiger partial charge in [0.1, 0.15) is 12.4 Å². The molecule has 0 radical (unpaired) electrons. The zero-order chi connectivity index (χ0) is 22.5. The monoisotopic (exact) mass is 434 g/mol. The van der Waals surface area contributed by atoms with E-state index in [1.807, 2.05) is 43.3 Å². The number of carbonyl (C=O) groups is 1. The number of benzene rings is 2. The molecule has 0 unspecified atom stereocenters. The van der Waals surface area contributed by atoms with Gasteiger partial charge in [-0.25, -0.2) is 9.37 Å². The Morgan fingerprint density at radius 3 is 2.72 bits per heavy atom. The second-order valence-corrected chi connectivity index (χ2v) is 7.90. The quantitative estimate of drug-likeness (QED) is 0.505. The highest BCUT2D eigenvalue weighted by Gasteiger charge is 2.20. The van der Waals surface area contributed by atoms with Crippen LogP contribution in [0.2, 0.25) is 0 Å². The van der Waals surface area contributed by atoms with Crippen molar-refractivity contribution < 1.29 is 18.7 Å². The number of aryl methyl sites for hydroxylation is 1. The summed E-state index contributed by atoms with van der Waals surface area (Å²) >= 11 is 0. The summed E-state index contributed by atoms with van der Waals surface area (Å²) in [4.78, 5) is 18.4. The Hall–Kier alpha value is -3.25. The topological polar surface area (TPSA) is 51.7 Å². The van der Waals surface area contributed by atoms with E-state index in [0.29, 0.717) is 30.2 Å². The molecule has 1 aliphatic heterocycles. The second kappa shape index (κ2) is 9.92. The summed E-state index contributed by atoms with van der Waals surface area (Å²) in [6.45, 7) is 5.93. The molecule has 5 nitrogen and oxygen atoms in total. The third-order valence-corrected chi connectivity index (χ3v) is 5.65. The molecule has 0 aliphatic carbocycles. The van der Waals surface area contributed by atoms with E-state index in [2.05, 4.69) is 9.88 Å². The van der Waals surface area contributed by atoms with Gasteiger partial charge in [-0.05, 0) is 30.5 Å². The van der Waals surface area contributed by atoms with Gasteiger partial charge >= 0.3 is 5.97 Å². The number of aromatic nitrogens is 1. The van der Waals surface area contributed by atoms with Crippen LogP contribution in [0.4, 0.5) is 4.39 Å². The van der Waals surface area contributed by atoms with E-state index < -0.39 is 0 Å². The van der Waals surface area contributed by atoms with Crippen LogP contribution in [0.5, 0.6) is 5.88 Å². The van der Waals surface area contributed by atoms with Crippen molar-refractivity contribution in [2.24, 2.45) is 0 Å². The van der Waals surface area contributed by atoms with Gasteiger partial charge in [-0.1, -0.05) is 48.5 Å². The maximum Gasteiger partial charge on any atom is 0.320 e. The molecule has 2 heterocycles. The summed E-state index contributed by atoms with van der Waals surface area (Å²) < 4.78 is 26.0. The van der Waals surface area contributed by atoms with Crippen LogP contribution in [0.3, 0.4) is 0 Å². The molecule has 1 aromatic heterocycles. The minimum atomic E-state index is -0.269. The van der Waals surface area contributed by atoms with Crippen LogP contribution < -0.4 is 4.74 Å². The fourth-order valence-electron chi connectivity index (χ4n) is 3.99. The lowest BCUT2D eigenvalue weighted by Crippen LogP contribution is -2.36. The molecule has 0 fully saturated rings. The smallest absolute Gasteiger partial charge is 0.320 e. The maximum atomic E-state index is 15.2. The normalized spacial score (nSPS) is 13.5. The summed E-state index contributed by atoms with van der Waals surface area (Å²) in [7, 11) is 0. The fraction of sp³-hybridized carbons (Fsp3) is 0.308. The summed E-state index contributed by atoms with van der Waals surface area (Å²) in [6, 6.07) is 16.9. The minimum Gasteiger partial charge on any atom is -0.473 e. The molecule has 0 spiro atoms. The largest absolute Gasteiger partial charge is 0.473 e. The highest BCUT2D eigenvalue weighted by atomic mass is 19.1. The molecule has 1 aliphatic rings. The Kier molecular flexibility index (Phi) is 6.81. The van der Waals surface area contributed by atoms with Crippen molar-refractivity contribution in [3.8, 4) is 17.0 Å². The predicted molar refractivity (Wildman–Crippen MR) is 121 cm³/mol. The highest BCUT2D eigenvalue weighted by molar-refractivity contribution is 5.71. The van der Waals surface area contributed by atoms with E-state index in [1.165, 1.54) is 0 Å². The van der Waals surface area contributed by atoms with Crippen LogP contribution in [0.1, 0.15) is 29.3 Å². The van der Waals surface area contributed by atoms with Crippen molar-refractivity contribution in [3.63, 3.8) is 0 Å². The van der Waals surface area contributed by atoms with E-state index in [9.17, 15) is 4.79 Å². The third kappa shape index (κ3) is 4.97. The molecule has 2 aromatic carbocycles. The van der Waals surface area contributed by atoms with Gasteiger partial charge in [0.15, 0.2) is 0 Å². The average Bonchev–Trinajstić information content (AvgIpc) is 2.79. The Bertz CT molecular complexity index is 1120. The molecular weight excluding hydrogens is 407 g/mol. The minimum absolute atomic E-state index is 0.103. The number of pyridine rings is 1. The fourth-order valence-corrected chi connectivity index (χ4v) is 3.99. The van der Waals surface area contributed by atoms with Gasteiger partial charge in [0.2, 0.25) is 5.88 Å². The predicted octanol–water partition coefficient (Wildman–Crippen LogP) is 4.70. The third-order valence-electron chi connectivity index (χ3n) is 5.65. The molecule has 6 heteroatoms. The lowest BCUT2D eigenvalue weighted by Gasteiger charge is -2.27. The number of carbonyl (C=O) groups excluding carboxylic acids is 1. The molecule has 32 heavy (non-hydrogen) atoms. The summed E-state index contributed by atoms with van der Waals surface area (Å²) in [6.07, 6.45) is 0.725. The Labute approximate surface area is 187 Å². The van der Waals surface area contributed by atoms with Crippen LogP contribution >= 0.6 is 0 Å². The van der Waals surface area contributed by atoms with Crippen LogP contribution in [0.25, 0.3) is 11.1 Å². The number of ether oxygens (including phenoxy) is 2. The first-order valence-electron chi connectivity index (χ1n) is 10.9. The second-order valence-electron chi connectivity index (χ2n) is 7.90. The van der Waals surface area contributed by atoms with Gasteiger partial charge in [0.25, 0.3) is 0 Å². The lowest BCUT2D eigenvalue weighted by molar-refractivity contribution is -0.144. The van der Waals surface area contributed by atoms with Crippen molar-refractivity contribution in [2.45, 2.75) is 33.4 Å². The van der Waals surface area contributed by atoms with Gasteiger partial charge < -0.3 is 9.47 Å². The van der Waals surface area contributed by atoms with Crippen molar-refractivity contribution in [2.75, 3.05) is 19.7 Å². The molecule has 0 amide bonds. The zero-order valence-electron chi connectivity index (χ0n) is 18.4. The highest BCUT2D eigenvalue weighted by Crippen LogP contribution is 2.28. The molecule has 3 aromatic rings. The number of halogens is 1. The van der Waals surface area contributed by atoms with E-state index in [4.69, 9.17) is 9.47 Å². The van der Waals surface area contributed by atoms with E-state index in [0.717, 1.165) is 35.3 Å². The molecule has 166 valence electrons. The molecule has 0 N–H and O–H groups in total. The van der Waals surface area contributed by atoms with Crippen molar-refractivity contribution >= 4 is 5.97 Å². The van der Waals surface area contributed by atoms with Gasteiger partial charge in [0, 0.05) is 36.7 Å². The molecule has 0 saturated heterocycles. The van der Waals surface area contributed by atoms with Crippen LogP contribution in [0, 0.1) is 12.7 Å². The molecular formula is C26H27FN2O3. The van der Waals surface area contributed by atoms with Crippen molar-refractivity contribution in [1.82, 2.24) is 9.88 Å². The van der Waals surface area contributed by atoms with E-state index >= 15 is 4.39 Å². The SMILES string of the molecule is CCOC(=O)CN1CCc2nc(OCc3cccc(-c4ccccc4C)c3F)ccc2C1. The molecule has 0 atom stereocenters. The van der Waals surface area contributed by atoms with E-state index in [-0.39, 0.29) is 24.9 Å². The summed E-state index contributed by atoms with van der Waals surface area (Å²) in [5, 5.41) is 0. The Morgan fingerprint density at radius 1 is 1.09 bits per heavy atom. The molecule has 0 bridgehead atoms. The van der Waals surface area contributed by atoms with Crippen LogP contribution in [-0.4, -0.2) is 35.5 Å². The molecule has 4 rings (SSSR count). The van der Waals surface area contributed by atoms with Gasteiger partial charge in [-0.2, -0.15) is 0 Å². The number of nitrogens with zero attached hydrogens (tertiary/aromatic N) is 2. The first-order valence-corrected chi connectivity index (χ1v) is 10.9. The number of hydrogen-bond acceptors (Lipinski definition) is 5. The van der Waals surface area contributed by atoms with Gasteiger partial charge in [-0.15, -0.1) is 0 Å². The maximum absolute atomic E-state index is 15.2. The van der Waals surface area contributed by atoms with Crippen molar-refractivity contribution in [3.05, 3.63) is 82.8 Å². The molecule has 0 saturated carbocycles. The lowest BCUT2D eigenvalue weighted by atomic mass is 9.98. The van der Waals surface area contributed by atoms with Crippen molar-refractivity contribution in [1.29, 1.82) is 0 Å². The number of hydrogen-bond donors (Lipinski definition) is 0. The first-order chi connectivity index (χ1) is 15.5. The first kappa shape index (κ1) is 22.0. The Morgan fingerprint density at radius 2 is 1.91 bits per heavy atom. The standard InChI is InChI=1S/C26H27FN2O3/c1-3-31-25(30)16-29-14-13-23-19(15-29)11-12-24(28-23)32-17-20-8-6-10-22(26(20)27)21-9-5-4-7-18(21)2/h4-12H,3,13-17H2,1-2H3. The number of esters is 1. The Balaban J connectivity index is 1.43. The van der Waals surface area contributed by atoms with Gasteiger partial charge in [0.05, 0.1) is 18.8 Å². The summed E-state index contributed by atoms with van der Waals surface area (Å²) in [5.74, 6) is -0.00327. The number of rotatable bonds is 7. The van der Waals surface area contributed by atoms with Crippen LogP contribution in [0.15, 0.2) is 54.6 Å². The van der Waals surface area contributed by atoms with Crippen LogP contribution in [-0.2, 0) is 29.1 Å². The zero-order valence-corrected chi connectivity index (χ0v) is 18.4. The number of fused-ring (bicyclic) bond motifs is 1.